The fourth-order valence-corrected chi connectivity index (χ4v) is 5.18. The van der Waals surface area contributed by atoms with Crippen molar-refractivity contribution in [3.05, 3.63) is 108 Å². The number of halogens is 3. The zero-order valence-electron chi connectivity index (χ0n) is 21.9. The van der Waals surface area contributed by atoms with Crippen molar-refractivity contribution in [2.24, 2.45) is 0 Å². The number of aromatic nitrogens is 6. The van der Waals surface area contributed by atoms with E-state index in [0.717, 1.165) is 12.1 Å². The van der Waals surface area contributed by atoms with E-state index in [9.17, 15) is 23.1 Å². The second kappa shape index (κ2) is 10.3. The fourth-order valence-electron chi connectivity index (χ4n) is 5.18. The average molecular weight is 560 g/mol. The van der Waals surface area contributed by atoms with Gasteiger partial charge in [0.15, 0.2) is 0 Å². The number of rotatable bonds is 8. The molecule has 0 spiro atoms. The van der Waals surface area contributed by atoms with Crippen LogP contribution >= 0.6 is 0 Å². The van der Waals surface area contributed by atoms with Crippen molar-refractivity contribution < 1.29 is 23.1 Å². The minimum Gasteiger partial charge on any atom is -0.383 e. The van der Waals surface area contributed by atoms with E-state index in [1.54, 1.807) is 47.2 Å². The Balaban J connectivity index is 1.41. The van der Waals surface area contributed by atoms with Gasteiger partial charge in [-0.2, -0.15) is 10.2 Å². The number of pyridine rings is 1. The number of fused-ring (bicyclic) bond motifs is 1. The molecular formula is C29H24F3N7O2. The quantitative estimate of drug-likeness (QED) is 0.306. The van der Waals surface area contributed by atoms with Gasteiger partial charge >= 0.3 is 0 Å². The molecule has 1 aliphatic rings. The van der Waals surface area contributed by atoms with Crippen molar-refractivity contribution >= 4 is 5.91 Å². The Morgan fingerprint density at radius 1 is 1.00 bits per heavy atom. The van der Waals surface area contributed by atoms with E-state index in [0.29, 0.717) is 40.2 Å². The molecule has 4 heterocycles. The summed E-state index contributed by atoms with van der Waals surface area (Å²) in [5.74, 6) is -2.23. The molecule has 41 heavy (non-hydrogen) atoms. The molecule has 5 aromatic rings. The highest BCUT2D eigenvalue weighted by molar-refractivity contribution is 6.05. The van der Waals surface area contributed by atoms with Crippen LogP contribution in [0.15, 0.2) is 73.6 Å². The van der Waals surface area contributed by atoms with Gasteiger partial charge in [-0.05, 0) is 36.4 Å². The molecule has 3 aromatic heterocycles. The summed E-state index contributed by atoms with van der Waals surface area (Å²) in [4.78, 5) is 22.8. The summed E-state index contributed by atoms with van der Waals surface area (Å²) in [6, 6.07) is 10.6. The molecule has 208 valence electrons. The Morgan fingerprint density at radius 2 is 1.78 bits per heavy atom. The van der Waals surface area contributed by atoms with Crippen LogP contribution in [0, 0.1) is 17.5 Å². The summed E-state index contributed by atoms with van der Waals surface area (Å²) in [7, 11) is 1.70. The third-order valence-corrected chi connectivity index (χ3v) is 7.22. The maximum Gasteiger partial charge on any atom is 0.256 e. The van der Waals surface area contributed by atoms with Crippen LogP contribution in [0.5, 0.6) is 0 Å². The van der Waals surface area contributed by atoms with Crippen LogP contribution < -0.4 is 0 Å². The van der Waals surface area contributed by atoms with Crippen LogP contribution in [-0.2, 0) is 25.2 Å². The van der Waals surface area contributed by atoms with Crippen molar-refractivity contribution in [2.75, 3.05) is 7.05 Å². The summed E-state index contributed by atoms with van der Waals surface area (Å²) in [6.45, 7) is 0.338. The lowest BCUT2D eigenvalue weighted by atomic mass is 9.89. The third kappa shape index (κ3) is 4.97. The van der Waals surface area contributed by atoms with Crippen molar-refractivity contribution in [1.82, 2.24) is 34.4 Å². The second-order valence-corrected chi connectivity index (χ2v) is 10.0. The van der Waals surface area contributed by atoms with Gasteiger partial charge in [-0.1, -0.05) is 6.07 Å². The second-order valence-electron chi connectivity index (χ2n) is 10.0. The SMILES string of the molecule is CN1Cc2nccc(-c3cn(CC[C@@](O)(Cn4cncn4)c4ccc(F)cc4F)nc3-c3ccc(F)cc3)c2C1=O. The molecule has 1 aliphatic heterocycles. The highest BCUT2D eigenvalue weighted by atomic mass is 19.1. The minimum atomic E-state index is -1.80. The molecule has 12 heteroatoms. The van der Waals surface area contributed by atoms with Crippen LogP contribution in [0.25, 0.3) is 22.4 Å². The number of benzene rings is 2. The van der Waals surface area contributed by atoms with Gasteiger partial charge in [0, 0.05) is 60.7 Å². The Bertz CT molecular complexity index is 1740. The Morgan fingerprint density at radius 3 is 2.51 bits per heavy atom. The number of nitrogens with zero attached hydrogens (tertiary/aromatic N) is 7. The zero-order chi connectivity index (χ0) is 28.7. The largest absolute Gasteiger partial charge is 0.383 e. The summed E-state index contributed by atoms with van der Waals surface area (Å²) in [5, 5.41) is 20.5. The molecule has 0 radical (unpaired) electrons. The number of aryl methyl sites for hydroxylation is 1. The molecule has 1 atom stereocenters. The molecule has 0 unspecified atom stereocenters. The van der Waals surface area contributed by atoms with E-state index in [-0.39, 0.29) is 31.0 Å². The van der Waals surface area contributed by atoms with Gasteiger partial charge in [0.2, 0.25) is 0 Å². The Labute approximate surface area is 232 Å². The van der Waals surface area contributed by atoms with E-state index in [1.165, 1.54) is 35.5 Å². The molecule has 0 fully saturated rings. The van der Waals surface area contributed by atoms with Crippen LogP contribution in [0.4, 0.5) is 13.2 Å². The van der Waals surface area contributed by atoms with E-state index < -0.39 is 23.1 Å². The normalized spacial score (nSPS) is 14.4. The Hall–Kier alpha value is -4.84. The van der Waals surface area contributed by atoms with E-state index >= 15 is 0 Å². The predicted octanol–water partition coefficient (Wildman–Crippen LogP) is 4.18. The fraction of sp³-hybridized carbons (Fsp3) is 0.207. The molecule has 0 aliphatic carbocycles. The maximum atomic E-state index is 14.9. The average Bonchev–Trinajstić information content (AvgIpc) is 3.68. The first-order valence-electron chi connectivity index (χ1n) is 12.8. The van der Waals surface area contributed by atoms with Crippen LogP contribution in [-0.4, -0.2) is 52.5 Å². The molecule has 9 nitrogen and oxygen atoms in total. The van der Waals surface area contributed by atoms with Gasteiger partial charge in [-0.15, -0.1) is 0 Å². The minimum absolute atomic E-state index is 0.0322. The van der Waals surface area contributed by atoms with Gasteiger partial charge in [0.25, 0.3) is 5.91 Å². The molecule has 2 aromatic carbocycles. The summed E-state index contributed by atoms with van der Waals surface area (Å²) in [6.07, 6.45) is 6.01. The van der Waals surface area contributed by atoms with Crippen molar-refractivity contribution in [2.45, 2.75) is 31.7 Å². The zero-order valence-corrected chi connectivity index (χ0v) is 21.9. The van der Waals surface area contributed by atoms with E-state index in [1.807, 2.05) is 0 Å². The molecule has 6 rings (SSSR count). The monoisotopic (exact) mass is 559 g/mol. The van der Waals surface area contributed by atoms with E-state index in [4.69, 9.17) is 5.10 Å². The number of hydrogen-bond acceptors (Lipinski definition) is 6. The number of carbonyl (C=O) groups excluding carboxylic acids is 1. The molecule has 1 amide bonds. The van der Waals surface area contributed by atoms with Crippen LogP contribution in [0.2, 0.25) is 0 Å². The first-order valence-corrected chi connectivity index (χ1v) is 12.8. The smallest absolute Gasteiger partial charge is 0.256 e. The lowest BCUT2D eigenvalue weighted by molar-refractivity contribution is -0.00179. The lowest BCUT2D eigenvalue weighted by Crippen LogP contribution is -2.34. The van der Waals surface area contributed by atoms with Crippen molar-refractivity contribution in [3.63, 3.8) is 0 Å². The molecule has 0 saturated heterocycles. The third-order valence-electron chi connectivity index (χ3n) is 7.22. The van der Waals surface area contributed by atoms with Crippen LogP contribution in [0.3, 0.4) is 0 Å². The van der Waals surface area contributed by atoms with Gasteiger partial charge in [0.1, 0.15) is 41.4 Å². The van der Waals surface area contributed by atoms with Gasteiger partial charge in [-0.3, -0.25) is 14.5 Å². The van der Waals surface area contributed by atoms with Gasteiger partial charge < -0.3 is 10.0 Å². The van der Waals surface area contributed by atoms with Gasteiger partial charge in [0.05, 0.1) is 24.3 Å². The predicted molar refractivity (Wildman–Crippen MR) is 142 cm³/mol. The highest BCUT2D eigenvalue weighted by Crippen LogP contribution is 2.37. The number of hydrogen-bond donors (Lipinski definition) is 1. The Kier molecular flexibility index (Phi) is 6.62. The topological polar surface area (TPSA) is 102 Å². The molecular weight excluding hydrogens is 535 g/mol. The number of carbonyl (C=O) groups is 1. The first kappa shape index (κ1) is 26.4. The van der Waals surface area contributed by atoms with Gasteiger partial charge in [-0.25, -0.2) is 22.8 Å². The van der Waals surface area contributed by atoms with E-state index in [2.05, 4.69) is 15.1 Å². The number of amides is 1. The lowest BCUT2D eigenvalue weighted by Gasteiger charge is -2.29. The first-order chi connectivity index (χ1) is 19.7. The van der Waals surface area contributed by atoms with Crippen molar-refractivity contribution in [3.8, 4) is 22.4 Å². The summed E-state index contributed by atoms with van der Waals surface area (Å²) < 4.78 is 45.3. The summed E-state index contributed by atoms with van der Waals surface area (Å²) >= 11 is 0. The molecule has 0 saturated carbocycles. The number of aliphatic hydroxyl groups is 1. The summed E-state index contributed by atoms with van der Waals surface area (Å²) in [5.41, 5.74) is 1.56. The van der Waals surface area contributed by atoms with Crippen LogP contribution in [0.1, 0.15) is 28.0 Å². The highest BCUT2D eigenvalue weighted by Gasteiger charge is 2.34. The molecule has 0 bridgehead atoms. The van der Waals surface area contributed by atoms with Crippen molar-refractivity contribution in [1.29, 1.82) is 0 Å². The standard InChI is InChI=1S/C29H24F3N7O2/c1-37-14-25-26(28(37)40)21(8-10-34-25)22-13-38(36-27(22)18-2-4-19(30)5-3-18)11-9-29(41,15-39-17-33-16-35-39)23-7-6-20(31)12-24(23)32/h2-8,10,12-13,16-17,41H,9,11,14-15H2,1H3/t29-/m1/s1. The maximum absolute atomic E-state index is 14.9. The molecule has 1 N–H and O–H groups in total.